The number of carbonyl (C=O) groups is 1. The second-order valence-electron chi connectivity index (χ2n) is 6.10. The van der Waals surface area contributed by atoms with Crippen molar-refractivity contribution < 1.29 is 14.6 Å². The molecule has 3 aromatic rings. The lowest BCUT2D eigenvalue weighted by Gasteiger charge is -2.12. The van der Waals surface area contributed by atoms with E-state index < -0.39 is 5.97 Å². The molecule has 0 atom stereocenters. The summed E-state index contributed by atoms with van der Waals surface area (Å²) in [6, 6.07) is 22.9. The van der Waals surface area contributed by atoms with Crippen LogP contribution in [0.3, 0.4) is 0 Å². The van der Waals surface area contributed by atoms with Gasteiger partial charge in [-0.3, -0.25) is 0 Å². The lowest BCUT2D eigenvalue weighted by molar-refractivity contribution is 0.0697. The van der Waals surface area contributed by atoms with Crippen molar-refractivity contribution in [3.8, 4) is 5.75 Å². The molecule has 140 valence electrons. The maximum atomic E-state index is 11.0. The predicted molar refractivity (Wildman–Crippen MR) is 110 cm³/mol. The first-order chi connectivity index (χ1) is 12.6. The number of aromatic carboxylic acids is 1. The number of anilines is 1. The Morgan fingerprint density at radius 1 is 0.889 bits per heavy atom. The van der Waals surface area contributed by atoms with Crippen LogP contribution < -0.4 is 10.5 Å². The van der Waals surface area contributed by atoms with Gasteiger partial charge in [0, 0.05) is 5.69 Å². The zero-order chi connectivity index (χ0) is 18.4. The molecule has 0 aliphatic heterocycles. The molecule has 3 N–H and O–H groups in total. The van der Waals surface area contributed by atoms with Gasteiger partial charge in [0.05, 0.1) is 5.56 Å². The second-order valence-corrected chi connectivity index (χ2v) is 6.10. The number of carboxylic acids is 1. The summed E-state index contributed by atoms with van der Waals surface area (Å²) in [7, 11) is 0. The van der Waals surface area contributed by atoms with E-state index >= 15 is 0 Å². The van der Waals surface area contributed by atoms with Crippen molar-refractivity contribution in [1.82, 2.24) is 0 Å². The van der Waals surface area contributed by atoms with E-state index in [1.165, 1.54) is 6.07 Å². The van der Waals surface area contributed by atoms with Gasteiger partial charge in [0.15, 0.2) is 0 Å². The van der Waals surface area contributed by atoms with E-state index in [1.807, 2.05) is 54.6 Å². The molecule has 0 unspecified atom stereocenters. The summed E-state index contributed by atoms with van der Waals surface area (Å²) in [6.45, 7) is 0.521. The molecule has 0 aromatic heterocycles. The molecule has 3 rings (SSSR count). The van der Waals surface area contributed by atoms with E-state index in [2.05, 4.69) is 0 Å². The fraction of sp³-hybridized carbons (Fsp3) is 0.136. The van der Waals surface area contributed by atoms with Crippen molar-refractivity contribution in [1.29, 1.82) is 0 Å². The monoisotopic (exact) mass is 383 g/mol. The summed E-state index contributed by atoms with van der Waals surface area (Å²) in [5.74, 6) is -0.111. The average molecular weight is 384 g/mol. The zero-order valence-corrected chi connectivity index (χ0v) is 15.6. The van der Waals surface area contributed by atoms with Crippen LogP contribution in [0.4, 0.5) is 5.69 Å². The Morgan fingerprint density at radius 2 is 1.56 bits per heavy atom. The van der Waals surface area contributed by atoms with Crippen LogP contribution in [-0.2, 0) is 19.4 Å². The fourth-order valence-corrected chi connectivity index (χ4v) is 2.81. The number of halogens is 1. The first-order valence-electron chi connectivity index (χ1n) is 8.50. The van der Waals surface area contributed by atoms with Gasteiger partial charge in [-0.2, -0.15) is 0 Å². The van der Waals surface area contributed by atoms with Crippen molar-refractivity contribution in [2.75, 3.05) is 5.73 Å². The van der Waals surface area contributed by atoms with Gasteiger partial charge in [0.1, 0.15) is 12.4 Å². The zero-order valence-electron chi connectivity index (χ0n) is 14.8. The number of hydrogen-bond acceptors (Lipinski definition) is 3. The summed E-state index contributed by atoms with van der Waals surface area (Å²) < 4.78 is 5.98. The van der Waals surface area contributed by atoms with Crippen LogP contribution in [-0.4, -0.2) is 11.1 Å². The maximum absolute atomic E-state index is 11.0. The molecule has 0 aliphatic carbocycles. The maximum Gasteiger partial charge on any atom is 0.335 e. The van der Waals surface area contributed by atoms with E-state index in [-0.39, 0.29) is 18.0 Å². The molecule has 0 fully saturated rings. The van der Waals surface area contributed by atoms with Gasteiger partial charge < -0.3 is 15.6 Å². The minimum Gasteiger partial charge on any atom is -0.489 e. The topological polar surface area (TPSA) is 72.6 Å². The molecule has 0 saturated heterocycles. The largest absolute Gasteiger partial charge is 0.489 e. The molecule has 0 saturated carbocycles. The number of benzene rings is 3. The van der Waals surface area contributed by atoms with Gasteiger partial charge >= 0.3 is 5.97 Å². The third-order valence-electron chi connectivity index (χ3n) is 4.27. The number of ether oxygens (including phenoxy) is 1. The standard InChI is InChI=1S/C22H21NO3.ClH/c23-20-14-19(22(24)25)13-11-17(20)10-12-18-8-4-5-9-21(18)26-15-16-6-2-1-3-7-16;/h1-9,11,13-14H,10,12,15,23H2,(H,24,25);1H. The van der Waals surface area contributed by atoms with Gasteiger partial charge in [-0.25, -0.2) is 4.79 Å². The van der Waals surface area contributed by atoms with Gasteiger partial charge in [-0.1, -0.05) is 54.6 Å². The predicted octanol–water partition coefficient (Wildman–Crippen LogP) is 4.75. The van der Waals surface area contributed by atoms with Crippen LogP contribution in [0.25, 0.3) is 0 Å². The molecule has 5 heteroatoms. The van der Waals surface area contributed by atoms with E-state index in [9.17, 15) is 4.79 Å². The molecular weight excluding hydrogens is 362 g/mol. The highest BCUT2D eigenvalue weighted by Crippen LogP contribution is 2.23. The highest BCUT2D eigenvalue weighted by molar-refractivity contribution is 5.89. The minimum absolute atomic E-state index is 0. The van der Waals surface area contributed by atoms with Crippen molar-refractivity contribution in [3.05, 3.63) is 95.1 Å². The molecule has 3 aromatic carbocycles. The molecule has 0 amide bonds. The molecule has 0 spiro atoms. The first-order valence-corrected chi connectivity index (χ1v) is 8.50. The lowest BCUT2D eigenvalue weighted by atomic mass is 10.0. The Hall–Kier alpha value is -2.98. The summed E-state index contributed by atoms with van der Waals surface area (Å²) >= 11 is 0. The fourth-order valence-electron chi connectivity index (χ4n) is 2.81. The van der Waals surface area contributed by atoms with Gasteiger partial charge in [0.25, 0.3) is 0 Å². The summed E-state index contributed by atoms with van der Waals surface area (Å²) in [6.07, 6.45) is 1.49. The van der Waals surface area contributed by atoms with Crippen LogP contribution in [0.1, 0.15) is 27.0 Å². The van der Waals surface area contributed by atoms with Crippen LogP contribution in [0.2, 0.25) is 0 Å². The van der Waals surface area contributed by atoms with E-state index in [4.69, 9.17) is 15.6 Å². The van der Waals surface area contributed by atoms with Gasteiger partial charge in [-0.05, 0) is 47.7 Å². The Labute approximate surface area is 165 Å². The van der Waals surface area contributed by atoms with Crippen molar-refractivity contribution in [2.24, 2.45) is 0 Å². The molecule has 0 aliphatic rings. The molecule has 27 heavy (non-hydrogen) atoms. The first kappa shape index (κ1) is 20.3. The third kappa shape index (κ3) is 5.50. The Kier molecular flexibility index (Phi) is 7.26. The quantitative estimate of drug-likeness (QED) is 0.577. The Bertz CT molecular complexity index is 897. The third-order valence-corrected chi connectivity index (χ3v) is 4.27. The van der Waals surface area contributed by atoms with Crippen molar-refractivity contribution in [2.45, 2.75) is 19.4 Å². The number of nitrogens with two attached hydrogens (primary N) is 1. The minimum atomic E-state index is -0.970. The van der Waals surface area contributed by atoms with Gasteiger partial charge in [-0.15, -0.1) is 12.4 Å². The summed E-state index contributed by atoms with van der Waals surface area (Å²) in [5, 5.41) is 9.03. The number of nitrogen functional groups attached to an aromatic ring is 1. The Balaban J connectivity index is 0.00000261. The van der Waals surface area contributed by atoms with Gasteiger partial charge in [0.2, 0.25) is 0 Å². The number of carboxylic acid groups (broad SMARTS) is 1. The average Bonchev–Trinajstić information content (AvgIpc) is 2.66. The van der Waals surface area contributed by atoms with Crippen LogP contribution >= 0.6 is 12.4 Å². The molecule has 4 nitrogen and oxygen atoms in total. The van der Waals surface area contributed by atoms with E-state index in [1.54, 1.807) is 12.1 Å². The van der Waals surface area contributed by atoms with Crippen molar-refractivity contribution >= 4 is 24.1 Å². The summed E-state index contributed by atoms with van der Waals surface area (Å²) in [5.41, 5.74) is 9.88. The molecule has 0 heterocycles. The van der Waals surface area contributed by atoms with E-state index in [0.29, 0.717) is 12.3 Å². The summed E-state index contributed by atoms with van der Waals surface area (Å²) in [4.78, 5) is 11.0. The lowest BCUT2D eigenvalue weighted by Crippen LogP contribution is -2.03. The molecule has 0 radical (unpaired) electrons. The number of aryl methyl sites for hydroxylation is 2. The van der Waals surface area contributed by atoms with Crippen molar-refractivity contribution in [3.63, 3.8) is 0 Å². The molecule has 0 bridgehead atoms. The molecular formula is C22H22ClNO3. The van der Waals surface area contributed by atoms with E-state index in [0.717, 1.165) is 35.3 Å². The van der Waals surface area contributed by atoms with Crippen LogP contribution in [0, 0.1) is 0 Å². The number of hydrogen-bond donors (Lipinski definition) is 2. The smallest absolute Gasteiger partial charge is 0.335 e. The Morgan fingerprint density at radius 3 is 2.26 bits per heavy atom. The van der Waals surface area contributed by atoms with Crippen LogP contribution in [0.15, 0.2) is 72.8 Å². The SMILES string of the molecule is Cl.Nc1cc(C(=O)O)ccc1CCc1ccccc1OCc1ccccc1. The second kappa shape index (κ2) is 9.64. The normalized spacial score (nSPS) is 10.1. The number of para-hydroxylation sites is 1. The number of rotatable bonds is 7. The highest BCUT2D eigenvalue weighted by atomic mass is 35.5. The van der Waals surface area contributed by atoms with Crippen LogP contribution in [0.5, 0.6) is 5.75 Å². The highest BCUT2D eigenvalue weighted by Gasteiger charge is 2.08.